The van der Waals surface area contributed by atoms with Crippen molar-refractivity contribution in [2.24, 2.45) is 0 Å². The highest BCUT2D eigenvalue weighted by atomic mass is 127. The Kier molecular flexibility index (Phi) is 4.69. The highest BCUT2D eigenvalue weighted by molar-refractivity contribution is 14.1. The standard InChI is InChI=1S/C22H15FIN5O2/c1-11(29-22-17(20(24)28-29)21(25)26-10-27-22)19-16(12-5-3-2-4-6-12)18(30)14-9-13(23)7-8-15(14)31-19/h2-11H,1H3,(H2,25,26,27). The van der Waals surface area contributed by atoms with Gasteiger partial charge >= 0.3 is 0 Å². The van der Waals surface area contributed by atoms with Gasteiger partial charge in [-0.2, -0.15) is 5.10 Å². The zero-order valence-electron chi connectivity index (χ0n) is 16.2. The lowest BCUT2D eigenvalue weighted by Crippen LogP contribution is -2.16. The molecule has 0 spiro atoms. The zero-order valence-corrected chi connectivity index (χ0v) is 18.4. The summed E-state index contributed by atoms with van der Waals surface area (Å²) in [5.41, 5.74) is 7.57. The van der Waals surface area contributed by atoms with Crippen LogP contribution in [0.5, 0.6) is 0 Å². The number of hydrogen-bond donors (Lipinski definition) is 1. The van der Waals surface area contributed by atoms with Gasteiger partial charge in [-0.05, 0) is 53.3 Å². The van der Waals surface area contributed by atoms with E-state index in [4.69, 9.17) is 10.2 Å². The first-order chi connectivity index (χ1) is 15.0. The van der Waals surface area contributed by atoms with Crippen LogP contribution >= 0.6 is 22.6 Å². The molecule has 2 N–H and O–H groups in total. The first-order valence-corrected chi connectivity index (χ1v) is 10.5. The lowest BCUT2D eigenvalue weighted by Gasteiger charge is -2.17. The van der Waals surface area contributed by atoms with Crippen LogP contribution in [-0.2, 0) is 0 Å². The lowest BCUT2D eigenvalue weighted by atomic mass is 9.99. The molecular formula is C22H15FIN5O2. The molecule has 0 saturated carbocycles. The number of rotatable bonds is 3. The molecule has 0 aliphatic carbocycles. The van der Waals surface area contributed by atoms with Gasteiger partial charge in [0.15, 0.2) is 5.65 Å². The smallest absolute Gasteiger partial charge is 0.200 e. The summed E-state index contributed by atoms with van der Waals surface area (Å²) in [6.07, 6.45) is 1.37. The molecule has 1 atom stereocenters. The summed E-state index contributed by atoms with van der Waals surface area (Å²) in [6.45, 7) is 1.86. The number of nitrogens with two attached hydrogens (primary N) is 1. The molecule has 31 heavy (non-hydrogen) atoms. The number of fused-ring (bicyclic) bond motifs is 2. The Balaban J connectivity index is 1.83. The third-order valence-electron chi connectivity index (χ3n) is 5.16. The van der Waals surface area contributed by atoms with Crippen LogP contribution in [0.1, 0.15) is 18.7 Å². The van der Waals surface area contributed by atoms with E-state index in [1.807, 2.05) is 37.3 Å². The van der Waals surface area contributed by atoms with Crippen molar-refractivity contribution in [1.29, 1.82) is 0 Å². The molecule has 0 saturated heterocycles. The van der Waals surface area contributed by atoms with Crippen molar-refractivity contribution in [3.63, 3.8) is 0 Å². The van der Waals surface area contributed by atoms with Crippen LogP contribution in [0.25, 0.3) is 33.1 Å². The van der Waals surface area contributed by atoms with Gasteiger partial charge in [-0.3, -0.25) is 4.79 Å². The molecule has 0 aliphatic rings. The summed E-state index contributed by atoms with van der Waals surface area (Å²) >= 11 is 2.08. The summed E-state index contributed by atoms with van der Waals surface area (Å²) in [7, 11) is 0. The van der Waals surface area contributed by atoms with E-state index < -0.39 is 11.9 Å². The maximum absolute atomic E-state index is 13.9. The fraction of sp³-hybridized carbons (Fsp3) is 0.0909. The molecule has 0 bridgehead atoms. The molecule has 5 rings (SSSR count). The molecule has 7 nitrogen and oxygen atoms in total. The molecule has 5 aromatic rings. The van der Waals surface area contributed by atoms with E-state index in [0.29, 0.717) is 43.0 Å². The summed E-state index contributed by atoms with van der Waals surface area (Å²) in [6, 6.07) is 12.6. The topological polar surface area (TPSA) is 99.8 Å². The van der Waals surface area contributed by atoms with Gasteiger partial charge in [0.2, 0.25) is 5.43 Å². The number of aromatic nitrogens is 4. The van der Waals surface area contributed by atoms with Crippen molar-refractivity contribution in [2.45, 2.75) is 13.0 Å². The van der Waals surface area contributed by atoms with Gasteiger partial charge in [0.05, 0.1) is 16.3 Å². The van der Waals surface area contributed by atoms with Crippen molar-refractivity contribution in [2.75, 3.05) is 5.73 Å². The summed E-state index contributed by atoms with van der Waals surface area (Å²) in [5, 5.41) is 5.41. The summed E-state index contributed by atoms with van der Waals surface area (Å²) < 4.78 is 22.4. The number of nitrogen functional groups attached to an aromatic ring is 1. The van der Waals surface area contributed by atoms with Crippen LogP contribution in [0, 0.1) is 9.52 Å². The van der Waals surface area contributed by atoms with E-state index in [1.54, 1.807) is 4.68 Å². The number of anilines is 1. The van der Waals surface area contributed by atoms with Gasteiger partial charge in [0, 0.05) is 0 Å². The Bertz CT molecular complexity index is 1510. The van der Waals surface area contributed by atoms with Gasteiger partial charge < -0.3 is 10.2 Å². The second kappa shape index (κ2) is 7.41. The Morgan fingerprint density at radius 1 is 1.16 bits per heavy atom. The fourth-order valence-electron chi connectivity index (χ4n) is 3.69. The van der Waals surface area contributed by atoms with E-state index in [-0.39, 0.29) is 10.8 Å². The van der Waals surface area contributed by atoms with Crippen LogP contribution in [0.3, 0.4) is 0 Å². The quantitative estimate of drug-likeness (QED) is 0.346. The predicted octanol–water partition coefficient (Wildman–Crippen LogP) is 4.53. The fourth-order valence-corrected chi connectivity index (χ4v) is 4.44. The normalized spacial score (nSPS) is 12.5. The summed E-state index contributed by atoms with van der Waals surface area (Å²) in [5.74, 6) is 0.222. The number of halogens is 2. The molecule has 0 amide bonds. The SMILES string of the molecule is CC(c1oc2ccc(F)cc2c(=O)c1-c1ccccc1)n1nc(I)c2c(N)ncnc21. The monoisotopic (exact) mass is 527 g/mol. The Morgan fingerprint density at radius 3 is 2.71 bits per heavy atom. The van der Waals surface area contributed by atoms with Gasteiger partial charge in [0.25, 0.3) is 0 Å². The molecule has 1 unspecified atom stereocenters. The number of nitrogens with zero attached hydrogens (tertiary/aromatic N) is 4. The third kappa shape index (κ3) is 3.16. The highest BCUT2D eigenvalue weighted by Gasteiger charge is 2.26. The van der Waals surface area contributed by atoms with E-state index in [0.717, 1.165) is 0 Å². The van der Waals surface area contributed by atoms with Gasteiger partial charge in [-0.15, -0.1) is 0 Å². The minimum atomic E-state index is -0.502. The predicted molar refractivity (Wildman–Crippen MR) is 124 cm³/mol. The third-order valence-corrected chi connectivity index (χ3v) is 5.92. The highest BCUT2D eigenvalue weighted by Crippen LogP contribution is 2.33. The largest absolute Gasteiger partial charge is 0.458 e. The minimum absolute atomic E-state index is 0.182. The first kappa shape index (κ1) is 19.6. The molecule has 3 heterocycles. The maximum atomic E-state index is 13.9. The number of hydrogen-bond acceptors (Lipinski definition) is 6. The molecular weight excluding hydrogens is 512 g/mol. The molecule has 3 aromatic heterocycles. The second-order valence-corrected chi connectivity index (χ2v) is 8.07. The molecule has 9 heteroatoms. The zero-order chi connectivity index (χ0) is 21.7. The van der Waals surface area contributed by atoms with Crippen molar-refractivity contribution < 1.29 is 8.81 Å². The Morgan fingerprint density at radius 2 is 1.94 bits per heavy atom. The Hall–Kier alpha value is -3.34. The van der Waals surface area contributed by atoms with Gasteiger partial charge in [0.1, 0.15) is 39.0 Å². The summed E-state index contributed by atoms with van der Waals surface area (Å²) in [4.78, 5) is 21.8. The van der Waals surface area contributed by atoms with E-state index in [2.05, 4.69) is 37.7 Å². The van der Waals surface area contributed by atoms with Crippen LogP contribution in [0.4, 0.5) is 10.2 Å². The molecule has 0 radical (unpaired) electrons. The van der Waals surface area contributed by atoms with Crippen molar-refractivity contribution in [3.8, 4) is 11.1 Å². The Labute approximate surface area is 188 Å². The number of benzene rings is 2. The van der Waals surface area contributed by atoms with Crippen LogP contribution in [0.15, 0.2) is 64.1 Å². The minimum Gasteiger partial charge on any atom is -0.458 e. The van der Waals surface area contributed by atoms with Crippen LogP contribution in [-0.4, -0.2) is 19.7 Å². The van der Waals surface area contributed by atoms with Crippen molar-refractivity contribution in [1.82, 2.24) is 19.7 Å². The van der Waals surface area contributed by atoms with Crippen molar-refractivity contribution in [3.05, 3.63) is 80.4 Å². The maximum Gasteiger partial charge on any atom is 0.200 e. The average Bonchev–Trinajstić information content (AvgIpc) is 3.12. The van der Waals surface area contributed by atoms with Gasteiger partial charge in [-0.1, -0.05) is 30.3 Å². The van der Waals surface area contributed by atoms with E-state index >= 15 is 0 Å². The van der Waals surface area contributed by atoms with Crippen molar-refractivity contribution >= 4 is 50.4 Å². The molecule has 2 aromatic carbocycles. The van der Waals surface area contributed by atoms with Crippen LogP contribution in [0.2, 0.25) is 0 Å². The molecule has 0 fully saturated rings. The van der Waals surface area contributed by atoms with Crippen LogP contribution < -0.4 is 11.2 Å². The van der Waals surface area contributed by atoms with E-state index in [9.17, 15) is 9.18 Å². The molecule has 154 valence electrons. The molecule has 0 aliphatic heterocycles. The first-order valence-electron chi connectivity index (χ1n) is 9.41. The van der Waals surface area contributed by atoms with Gasteiger partial charge in [-0.25, -0.2) is 19.0 Å². The second-order valence-electron chi connectivity index (χ2n) is 7.05. The average molecular weight is 527 g/mol. The van der Waals surface area contributed by atoms with E-state index in [1.165, 1.54) is 24.5 Å². The lowest BCUT2D eigenvalue weighted by molar-refractivity contribution is 0.443.